The first-order valence-electron chi connectivity index (χ1n) is 7.44. The van der Waals surface area contributed by atoms with E-state index in [1.807, 2.05) is 13.8 Å². The van der Waals surface area contributed by atoms with E-state index >= 15 is 0 Å². The molecule has 8 heteroatoms. The van der Waals surface area contributed by atoms with Gasteiger partial charge in [0.25, 0.3) is 15.2 Å². The summed E-state index contributed by atoms with van der Waals surface area (Å²) in [5, 5.41) is 12.8. The monoisotopic (exact) mass is 316 g/mol. The van der Waals surface area contributed by atoms with E-state index < -0.39 is 10.0 Å². The Labute approximate surface area is 125 Å². The number of aromatic nitrogens is 3. The fourth-order valence-electron chi connectivity index (χ4n) is 2.59. The second-order valence-electron chi connectivity index (χ2n) is 5.98. The lowest BCUT2D eigenvalue weighted by Gasteiger charge is -2.22. The molecule has 1 aliphatic heterocycles. The Morgan fingerprint density at radius 3 is 2.71 bits per heavy atom. The third kappa shape index (κ3) is 4.49. The number of hydrogen-bond donors (Lipinski definition) is 1. The van der Waals surface area contributed by atoms with E-state index in [-0.39, 0.29) is 17.2 Å². The van der Waals surface area contributed by atoms with Crippen molar-refractivity contribution in [2.75, 3.05) is 6.61 Å². The van der Waals surface area contributed by atoms with Crippen LogP contribution in [0.15, 0.2) is 5.16 Å². The molecule has 1 atom stereocenters. The van der Waals surface area contributed by atoms with Gasteiger partial charge in [0.2, 0.25) is 0 Å². The maximum absolute atomic E-state index is 11.6. The van der Waals surface area contributed by atoms with Crippen LogP contribution in [0, 0.1) is 5.92 Å². The largest absolute Gasteiger partial charge is 0.378 e. The number of nitrogens with two attached hydrogens (primary N) is 1. The Hall–Kier alpha value is -0.990. The van der Waals surface area contributed by atoms with Gasteiger partial charge in [0.1, 0.15) is 5.82 Å². The van der Waals surface area contributed by atoms with Gasteiger partial charge in [-0.3, -0.25) is 0 Å². The quantitative estimate of drug-likeness (QED) is 0.846. The molecule has 120 valence electrons. The number of rotatable bonds is 6. The summed E-state index contributed by atoms with van der Waals surface area (Å²) in [7, 11) is -3.84. The van der Waals surface area contributed by atoms with Crippen LogP contribution in [0.5, 0.6) is 0 Å². The van der Waals surface area contributed by atoms with Crippen LogP contribution in [-0.2, 0) is 27.7 Å². The van der Waals surface area contributed by atoms with Crippen LogP contribution < -0.4 is 5.14 Å². The van der Waals surface area contributed by atoms with Crippen LogP contribution in [0.3, 0.4) is 0 Å². The topological polar surface area (TPSA) is 100 Å². The highest BCUT2D eigenvalue weighted by Crippen LogP contribution is 2.19. The zero-order chi connectivity index (χ0) is 15.5. The molecule has 2 heterocycles. The van der Waals surface area contributed by atoms with Gasteiger partial charge in [-0.2, -0.15) is 0 Å². The van der Waals surface area contributed by atoms with Crippen molar-refractivity contribution in [3.8, 4) is 0 Å². The molecule has 1 unspecified atom stereocenters. The second-order valence-corrected chi connectivity index (χ2v) is 7.43. The molecule has 1 aromatic rings. The predicted molar refractivity (Wildman–Crippen MR) is 78.1 cm³/mol. The minimum atomic E-state index is -3.84. The molecule has 0 saturated carbocycles. The van der Waals surface area contributed by atoms with E-state index in [1.54, 1.807) is 4.57 Å². The number of nitrogens with zero attached hydrogens (tertiary/aromatic N) is 3. The van der Waals surface area contributed by atoms with Crippen LogP contribution in [-0.4, -0.2) is 35.9 Å². The fourth-order valence-corrected chi connectivity index (χ4v) is 3.23. The van der Waals surface area contributed by atoms with Gasteiger partial charge in [-0.1, -0.05) is 13.8 Å². The van der Waals surface area contributed by atoms with Crippen LogP contribution >= 0.6 is 0 Å². The molecule has 1 saturated heterocycles. The summed E-state index contributed by atoms with van der Waals surface area (Å²) in [6.07, 6.45) is 5.09. The van der Waals surface area contributed by atoms with Crippen molar-refractivity contribution < 1.29 is 13.2 Å². The molecule has 0 radical (unpaired) electrons. The average molecular weight is 316 g/mol. The zero-order valence-corrected chi connectivity index (χ0v) is 13.5. The van der Waals surface area contributed by atoms with Crippen molar-refractivity contribution in [1.82, 2.24) is 14.8 Å². The van der Waals surface area contributed by atoms with Crippen molar-refractivity contribution >= 4 is 10.0 Å². The molecule has 0 aliphatic carbocycles. The molecule has 21 heavy (non-hydrogen) atoms. The van der Waals surface area contributed by atoms with Gasteiger partial charge in [0, 0.05) is 19.6 Å². The number of primary sulfonamides is 1. The Bertz CT molecular complexity index is 562. The molecule has 1 fully saturated rings. The van der Waals surface area contributed by atoms with Crippen LogP contribution in [0.25, 0.3) is 0 Å². The van der Waals surface area contributed by atoms with Gasteiger partial charge in [-0.05, 0) is 31.6 Å². The Morgan fingerprint density at radius 2 is 2.14 bits per heavy atom. The lowest BCUT2D eigenvalue weighted by atomic mass is 10.0. The molecule has 2 rings (SSSR count). The average Bonchev–Trinajstić information content (AvgIpc) is 2.79. The molecule has 1 aliphatic rings. The van der Waals surface area contributed by atoms with Gasteiger partial charge < -0.3 is 9.30 Å². The van der Waals surface area contributed by atoms with Gasteiger partial charge in [-0.15, -0.1) is 10.2 Å². The summed E-state index contributed by atoms with van der Waals surface area (Å²) in [6, 6.07) is 0. The van der Waals surface area contributed by atoms with E-state index in [0.717, 1.165) is 25.9 Å². The molecule has 0 spiro atoms. The van der Waals surface area contributed by atoms with Crippen LogP contribution in [0.1, 0.15) is 45.4 Å². The Kier molecular flexibility index (Phi) is 5.34. The second kappa shape index (κ2) is 6.85. The summed E-state index contributed by atoms with van der Waals surface area (Å²) in [5.41, 5.74) is 0. The first kappa shape index (κ1) is 16.4. The number of sulfonamides is 1. The highest BCUT2D eigenvalue weighted by atomic mass is 32.2. The van der Waals surface area contributed by atoms with Crippen molar-refractivity contribution in [3.63, 3.8) is 0 Å². The van der Waals surface area contributed by atoms with Gasteiger partial charge >= 0.3 is 0 Å². The first-order valence-corrected chi connectivity index (χ1v) is 8.99. The minimum absolute atomic E-state index is 0.143. The SMILES string of the molecule is CC(C)Cn1c(CCC2CCCCO2)nnc1S(N)(=O)=O. The normalized spacial score (nSPS) is 20.1. The lowest BCUT2D eigenvalue weighted by Crippen LogP contribution is -2.23. The third-order valence-electron chi connectivity index (χ3n) is 3.56. The van der Waals surface area contributed by atoms with E-state index in [2.05, 4.69) is 10.2 Å². The summed E-state index contributed by atoms with van der Waals surface area (Å²) in [5.74, 6) is 0.952. The van der Waals surface area contributed by atoms with Crippen molar-refractivity contribution in [2.24, 2.45) is 11.1 Å². The maximum atomic E-state index is 11.6. The van der Waals surface area contributed by atoms with E-state index in [4.69, 9.17) is 9.88 Å². The van der Waals surface area contributed by atoms with Crippen molar-refractivity contribution in [2.45, 2.75) is 63.8 Å². The molecular weight excluding hydrogens is 292 g/mol. The summed E-state index contributed by atoms with van der Waals surface area (Å²) in [6.45, 7) is 5.38. The van der Waals surface area contributed by atoms with Crippen molar-refractivity contribution in [1.29, 1.82) is 0 Å². The first-order chi connectivity index (χ1) is 9.88. The van der Waals surface area contributed by atoms with Gasteiger partial charge in [0.15, 0.2) is 0 Å². The highest BCUT2D eigenvalue weighted by molar-refractivity contribution is 7.89. The van der Waals surface area contributed by atoms with Gasteiger partial charge in [0.05, 0.1) is 6.10 Å². The molecule has 0 amide bonds. The molecular formula is C13H24N4O3S. The van der Waals surface area contributed by atoms with E-state index in [9.17, 15) is 8.42 Å². The lowest BCUT2D eigenvalue weighted by molar-refractivity contribution is 0.0110. The number of ether oxygens (including phenoxy) is 1. The summed E-state index contributed by atoms with van der Waals surface area (Å²) < 4.78 is 30.5. The molecule has 0 aromatic carbocycles. The summed E-state index contributed by atoms with van der Waals surface area (Å²) in [4.78, 5) is 0. The highest BCUT2D eigenvalue weighted by Gasteiger charge is 2.23. The predicted octanol–water partition coefficient (Wildman–Crippen LogP) is 1.08. The standard InChI is InChI=1S/C13H24N4O3S/c1-10(2)9-17-12(15-16-13(17)21(14,18)19)7-6-11-5-3-4-8-20-11/h10-11H,3-9H2,1-2H3,(H2,14,18,19). The van der Waals surface area contributed by atoms with Gasteiger partial charge in [-0.25, -0.2) is 13.6 Å². The molecule has 1 aromatic heterocycles. The zero-order valence-electron chi connectivity index (χ0n) is 12.7. The third-order valence-corrected chi connectivity index (χ3v) is 4.37. The smallest absolute Gasteiger partial charge is 0.273 e. The molecule has 7 nitrogen and oxygen atoms in total. The maximum Gasteiger partial charge on any atom is 0.273 e. The fraction of sp³-hybridized carbons (Fsp3) is 0.846. The van der Waals surface area contributed by atoms with Crippen LogP contribution in [0.4, 0.5) is 0 Å². The number of hydrogen-bond acceptors (Lipinski definition) is 5. The Balaban J connectivity index is 2.12. The van der Waals surface area contributed by atoms with E-state index in [1.165, 1.54) is 6.42 Å². The molecule has 2 N–H and O–H groups in total. The summed E-state index contributed by atoms with van der Waals surface area (Å²) >= 11 is 0. The van der Waals surface area contributed by atoms with Crippen LogP contribution in [0.2, 0.25) is 0 Å². The number of aryl methyl sites for hydroxylation is 1. The van der Waals surface area contributed by atoms with E-state index in [0.29, 0.717) is 18.8 Å². The molecule has 0 bridgehead atoms. The minimum Gasteiger partial charge on any atom is -0.378 e. The van der Waals surface area contributed by atoms with Crippen molar-refractivity contribution in [3.05, 3.63) is 5.82 Å². The Morgan fingerprint density at radius 1 is 1.38 bits per heavy atom.